The summed E-state index contributed by atoms with van der Waals surface area (Å²) in [6.07, 6.45) is 1.51. The number of rotatable bonds is 5. The highest BCUT2D eigenvalue weighted by atomic mass is 35.5. The van der Waals surface area contributed by atoms with Crippen molar-refractivity contribution in [3.63, 3.8) is 0 Å². The second kappa shape index (κ2) is 6.40. The summed E-state index contributed by atoms with van der Waals surface area (Å²) >= 11 is 12.0. The molecule has 0 N–H and O–H groups in total. The maximum absolute atomic E-state index is 13.9. The summed E-state index contributed by atoms with van der Waals surface area (Å²) < 4.78 is 41.1. The van der Waals surface area contributed by atoms with Gasteiger partial charge in [0.15, 0.2) is 0 Å². The maximum Gasteiger partial charge on any atom is 0.245 e. The Balaban J connectivity index is 2.00. The first-order valence-corrected chi connectivity index (χ1v) is 9.29. The molecule has 0 heterocycles. The molecule has 2 aromatic rings. The van der Waals surface area contributed by atoms with Crippen molar-refractivity contribution in [1.29, 1.82) is 0 Å². The van der Waals surface area contributed by atoms with Crippen LogP contribution in [0.4, 0.5) is 4.39 Å². The molecule has 0 spiro atoms. The summed E-state index contributed by atoms with van der Waals surface area (Å²) in [4.78, 5) is -0.0464. The highest BCUT2D eigenvalue weighted by molar-refractivity contribution is 7.89. The Kier molecular flexibility index (Phi) is 4.65. The molecule has 1 fully saturated rings. The van der Waals surface area contributed by atoms with E-state index in [1.807, 2.05) is 0 Å². The molecule has 2 aromatic carbocycles. The lowest BCUT2D eigenvalue weighted by atomic mass is 10.2. The SMILES string of the molecule is O=S(=O)(c1cc(Cl)ccc1Cl)N(Cc1ccccc1F)C1CC1. The van der Waals surface area contributed by atoms with Gasteiger partial charge in [-0.05, 0) is 37.1 Å². The molecular weight excluding hydrogens is 360 g/mol. The van der Waals surface area contributed by atoms with Gasteiger partial charge in [-0.25, -0.2) is 12.8 Å². The van der Waals surface area contributed by atoms with Crippen LogP contribution in [0.1, 0.15) is 18.4 Å². The van der Waals surface area contributed by atoms with Gasteiger partial charge >= 0.3 is 0 Å². The van der Waals surface area contributed by atoms with E-state index >= 15 is 0 Å². The minimum Gasteiger partial charge on any atom is -0.207 e. The maximum atomic E-state index is 13.9. The molecule has 0 unspecified atom stereocenters. The second-order valence-electron chi connectivity index (χ2n) is 5.45. The Bertz CT molecular complexity index is 838. The van der Waals surface area contributed by atoms with Crippen LogP contribution in [0.25, 0.3) is 0 Å². The van der Waals surface area contributed by atoms with E-state index < -0.39 is 15.8 Å². The lowest BCUT2D eigenvalue weighted by Crippen LogP contribution is -2.33. The van der Waals surface area contributed by atoms with E-state index in [1.165, 1.54) is 28.6 Å². The zero-order chi connectivity index (χ0) is 16.6. The third-order valence-electron chi connectivity index (χ3n) is 3.72. The van der Waals surface area contributed by atoms with E-state index in [4.69, 9.17) is 23.2 Å². The molecule has 0 radical (unpaired) electrons. The van der Waals surface area contributed by atoms with E-state index in [1.54, 1.807) is 18.2 Å². The summed E-state index contributed by atoms with van der Waals surface area (Å²) in [5, 5.41) is 0.392. The van der Waals surface area contributed by atoms with Gasteiger partial charge in [-0.15, -0.1) is 0 Å². The zero-order valence-corrected chi connectivity index (χ0v) is 14.4. The normalized spacial score (nSPS) is 15.1. The van der Waals surface area contributed by atoms with Gasteiger partial charge < -0.3 is 0 Å². The van der Waals surface area contributed by atoms with Crippen LogP contribution in [0.5, 0.6) is 0 Å². The first-order chi connectivity index (χ1) is 10.9. The van der Waals surface area contributed by atoms with Crippen LogP contribution >= 0.6 is 23.2 Å². The predicted molar refractivity (Wildman–Crippen MR) is 88.6 cm³/mol. The van der Waals surface area contributed by atoms with Crippen molar-refractivity contribution in [1.82, 2.24) is 4.31 Å². The molecule has 1 aliphatic rings. The van der Waals surface area contributed by atoms with E-state index in [0.29, 0.717) is 5.56 Å². The first-order valence-electron chi connectivity index (χ1n) is 7.10. The fraction of sp³-hybridized carbons (Fsp3) is 0.250. The van der Waals surface area contributed by atoms with Gasteiger partial charge in [0.1, 0.15) is 10.7 Å². The molecule has 1 saturated carbocycles. The Morgan fingerprint density at radius 2 is 1.83 bits per heavy atom. The average Bonchev–Trinajstić information content (AvgIpc) is 3.33. The van der Waals surface area contributed by atoms with E-state index in [0.717, 1.165) is 12.8 Å². The fourth-order valence-corrected chi connectivity index (χ4v) is 4.77. The standard InChI is InChI=1S/C16H14Cl2FNO2S/c17-12-5-8-14(18)16(9-12)23(21,22)20(13-6-7-13)10-11-3-1-2-4-15(11)19/h1-5,8-9,13H,6-7,10H2. The summed E-state index contributed by atoms with van der Waals surface area (Å²) in [7, 11) is -3.86. The third-order valence-corrected chi connectivity index (χ3v) is 6.33. The van der Waals surface area contributed by atoms with E-state index in [9.17, 15) is 12.8 Å². The number of hydrogen-bond acceptors (Lipinski definition) is 2. The van der Waals surface area contributed by atoms with Crippen molar-refractivity contribution < 1.29 is 12.8 Å². The van der Waals surface area contributed by atoms with Gasteiger partial charge in [0.05, 0.1) is 5.02 Å². The average molecular weight is 374 g/mol. The van der Waals surface area contributed by atoms with Gasteiger partial charge in [0.2, 0.25) is 10.0 Å². The van der Waals surface area contributed by atoms with Crippen molar-refractivity contribution in [2.24, 2.45) is 0 Å². The molecule has 0 amide bonds. The summed E-state index contributed by atoms with van der Waals surface area (Å²) in [6, 6.07) is 10.3. The molecule has 7 heteroatoms. The topological polar surface area (TPSA) is 37.4 Å². The van der Waals surface area contributed by atoms with Gasteiger partial charge in [0.25, 0.3) is 0 Å². The molecule has 23 heavy (non-hydrogen) atoms. The Morgan fingerprint density at radius 3 is 2.48 bits per heavy atom. The van der Waals surface area contributed by atoms with Crippen LogP contribution in [-0.4, -0.2) is 18.8 Å². The number of hydrogen-bond donors (Lipinski definition) is 0. The van der Waals surface area contributed by atoms with Crippen molar-refractivity contribution in [2.45, 2.75) is 30.3 Å². The number of halogens is 3. The van der Waals surface area contributed by atoms with Gasteiger partial charge in [0, 0.05) is 23.2 Å². The molecule has 0 saturated heterocycles. The highest BCUT2D eigenvalue weighted by Crippen LogP contribution is 2.36. The second-order valence-corrected chi connectivity index (χ2v) is 8.15. The number of nitrogens with zero attached hydrogens (tertiary/aromatic N) is 1. The van der Waals surface area contributed by atoms with E-state index in [2.05, 4.69) is 0 Å². The molecule has 122 valence electrons. The minimum absolute atomic E-state index is 0.0253. The highest BCUT2D eigenvalue weighted by Gasteiger charge is 2.39. The molecule has 0 aromatic heterocycles. The third kappa shape index (κ3) is 3.53. The van der Waals surface area contributed by atoms with Crippen LogP contribution in [-0.2, 0) is 16.6 Å². The molecular formula is C16H14Cl2FNO2S. The summed E-state index contributed by atoms with van der Waals surface area (Å²) in [5.74, 6) is -0.425. The predicted octanol–water partition coefficient (Wildman–Crippen LogP) is 4.49. The van der Waals surface area contributed by atoms with Gasteiger partial charge in [-0.1, -0.05) is 41.4 Å². The quantitative estimate of drug-likeness (QED) is 0.774. The molecule has 3 rings (SSSR count). The van der Waals surface area contributed by atoms with Crippen LogP contribution < -0.4 is 0 Å². The fourth-order valence-electron chi connectivity index (χ4n) is 2.37. The molecule has 1 aliphatic carbocycles. The monoisotopic (exact) mass is 373 g/mol. The molecule has 3 nitrogen and oxygen atoms in total. The number of sulfonamides is 1. The lowest BCUT2D eigenvalue weighted by Gasteiger charge is -2.23. The molecule has 0 bridgehead atoms. The summed E-state index contributed by atoms with van der Waals surface area (Å²) in [6.45, 7) is -0.0253. The number of benzene rings is 2. The minimum atomic E-state index is -3.86. The van der Waals surface area contributed by atoms with Crippen molar-refractivity contribution in [2.75, 3.05) is 0 Å². The van der Waals surface area contributed by atoms with Crippen molar-refractivity contribution >= 4 is 33.2 Å². The van der Waals surface area contributed by atoms with Crippen LogP contribution in [0.2, 0.25) is 10.0 Å². The summed E-state index contributed by atoms with van der Waals surface area (Å²) in [5.41, 5.74) is 0.334. The Hall–Kier alpha value is -1.14. The van der Waals surface area contributed by atoms with Crippen LogP contribution in [0.3, 0.4) is 0 Å². The van der Waals surface area contributed by atoms with Gasteiger partial charge in [-0.2, -0.15) is 4.31 Å². The largest absolute Gasteiger partial charge is 0.245 e. The van der Waals surface area contributed by atoms with E-state index in [-0.39, 0.29) is 27.5 Å². The zero-order valence-electron chi connectivity index (χ0n) is 12.0. The van der Waals surface area contributed by atoms with Crippen molar-refractivity contribution in [3.8, 4) is 0 Å². The lowest BCUT2D eigenvalue weighted by molar-refractivity contribution is 0.391. The Morgan fingerprint density at radius 1 is 1.13 bits per heavy atom. The van der Waals surface area contributed by atoms with Gasteiger partial charge in [-0.3, -0.25) is 0 Å². The molecule has 0 aliphatic heterocycles. The van der Waals surface area contributed by atoms with Crippen molar-refractivity contribution in [3.05, 3.63) is 63.9 Å². The smallest absolute Gasteiger partial charge is 0.207 e. The Labute approximate surface area is 144 Å². The molecule has 0 atom stereocenters. The van der Waals surface area contributed by atoms with Crippen LogP contribution in [0, 0.1) is 5.82 Å². The van der Waals surface area contributed by atoms with Crippen LogP contribution in [0.15, 0.2) is 47.4 Å². The first kappa shape index (κ1) is 16.7.